The molecular formula is C40H54F6O2. The number of fused-ring (bicyclic) bond motifs is 5. The molecule has 268 valence electrons. The molecule has 2 nitrogen and oxygen atoms in total. The van der Waals surface area contributed by atoms with E-state index in [4.69, 9.17) is 0 Å². The monoisotopic (exact) mass is 680 g/mol. The van der Waals surface area contributed by atoms with Gasteiger partial charge in [0.1, 0.15) is 0 Å². The lowest BCUT2D eigenvalue weighted by molar-refractivity contribution is -0.201. The van der Waals surface area contributed by atoms with Gasteiger partial charge in [0.25, 0.3) is 0 Å². The lowest BCUT2D eigenvalue weighted by Gasteiger charge is -2.69. The van der Waals surface area contributed by atoms with E-state index < -0.39 is 34.5 Å². The predicted molar refractivity (Wildman–Crippen MR) is 178 cm³/mol. The minimum Gasteiger partial charge on any atom is -0.390 e. The Labute approximate surface area is 282 Å². The average Bonchev–Trinajstić information content (AvgIpc) is 3.32. The van der Waals surface area contributed by atoms with Gasteiger partial charge in [-0.15, -0.1) is 0 Å². The van der Waals surface area contributed by atoms with E-state index in [9.17, 15) is 36.2 Å². The Kier molecular flexibility index (Phi) is 9.30. The van der Waals surface area contributed by atoms with Crippen molar-refractivity contribution < 1.29 is 36.2 Å². The Bertz CT molecular complexity index is 1430. The van der Waals surface area contributed by atoms with Crippen LogP contribution in [0.5, 0.6) is 0 Å². The molecule has 4 aliphatic carbocycles. The van der Waals surface area contributed by atoms with Gasteiger partial charge in [0.15, 0.2) is 5.78 Å². The molecule has 4 saturated carbocycles. The number of benzene rings is 1. The van der Waals surface area contributed by atoms with Crippen molar-refractivity contribution in [3.05, 3.63) is 52.6 Å². The molecule has 4 fully saturated rings. The van der Waals surface area contributed by atoms with Crippen molar-refractivity contribution in [2.45, 2.75) is 131 Å². The second-order valence-electron chi connectivity index (χ2n) is 17.6. The normalized spacial score (nSPS) is 37.4. The third-order valence-electron chi connectivity index (χ3n) is 14.1. The molecule has 0 aromatic heterocycles. The van der Waals surface area contributed by atoms with Gasteiger partial charge in [0, 0.05) is 5.41 Å². The molecule has 0 unspecified atom stereocenters. The fraction of sp³-hybridized carbons (Fsp3) is 0.725. The highest BCUT2D eigenvalue weighted by Crippen LogP contribution is 2.76. The quantitative estimate of drug-likeness (QED) is 0.184. The number of carbonyl (C=O) groups is 1. The van der Waals surface area contributed by atoms with Gasteiger partial charge in [-0.3, -0.25) is 4.79 Å². The number of carbonyl (C=O) groups excluding carboxylic acids is 1. The first-order valence-corrected chi connectivity index (χ1v) is 17.8. The van der Waals surface area contributed by atoms with Crippen LogP contribution in [-0.2, 0) is 17.1 Å². The number of Topliss-reactive ketones (excluding diaryl/α,β-unsaturated/α-hetero) is 1. The average molecular weight is 681 g/mol. The molecule has 8 heteroatoms. The van der Waals surface area contributed by atoms with E-state index in [0.717, 1.165) is 57.1 Å². The van der Waals surface area contributed by atoms with E-state index in [1.807, 2.05) is 20.8 Å². The molecular weight excluding hydrogens is 626 g/mol. The molecule has 8 atom stereocenters. The number of ketones is 1. The summed E-state index contributed by atoms with van der Waals surface area (Å²) in [5, 5.41) is 11.8. The van der Waals surface area contributed by atoms with Crippen LogP contribution in [0, 0.1) is 51.2 Å². The van der Waals surface area contributed by atoms with Crippen LogP contribution in [0.25, 0.3) is 6.08 Å². The molecule has 0 radical (unpaired) electrons. The molecule has 0 heterocycles. The standard InChI is InChI=1S/C40H54F6O2/c1-24(2)11-9-10-16-38(8,48)30-14-17-36(6)29(30)12-13-32-35(5)23-26(33(47)34(3,4)31(35)15-18-37(32,36)7)19-25-20-27(39(41,42)43)22-28(21-25)40(44,45)46/h9,11,19-22,24,29-32,48H,10,12-18,23H2,1-8H3/b11-9+,26-19-/t29-,30+,31+,32-,35+,36-,37-,38+/m1/s1. The smallest absolute Gasteiger partial charge is 0.390 e. The van der Waals surface area contributed by atoms with Crippen molar-refractivity contribution in [1.29, 1.82) is 0 Å². The Balaban J connectivity index is 1.50. The first kappa shape index (κ1) is 37.2. The Morgan fingerprint density at radius 3 is 2.00 bits per heavy atom. The second-order valence-corrected chi connectivity index (χ2v) is 17.6. The van der Waals surface area contributed by atoms with Crippen LogP contribution < -0.4 is 0 Å². The predicted octanol–water partition coefficient (Wildman–Crippen LogP) is 11.7. The summed E-state index contributed by atoms with van der Waals surface area (Å²) in [6.45, 7) is 17.1. The van der Waals surface area contributed by atoms with Crippen molar-refractivity contribution in [3.63, 3.8) is 0 Å². The zero-order valence-corrected chi connectivity index (χ0v) is 29.8. The summed E-state index contributed by atoms with van der Waals surface area (Å²) in [7, 11) is 0. The molecule has 0 aliphatic heterocycles. The second kappa shape index (κ2) is 12.0. The van der Waals surface area contributed by atoms with Crippen LogP contribution in [0.15, 0.2) is 35.9 Å². The van der Waals surface area contributed by atoms with Crippen LogP contribution in [-0.4, -0.2) is 16.5 Å². The summed E-state index contributed by atoms with van der Waals surface area (Å²) in [6.07, 6.45) is 3.22. The van der Waals surface area contributed by atoms with E-state index in [0.29, 0.717) is 30.3 Å². The highest BCUT2D eigenvalue weighted by molar-refractivity contribution is 6.04. The van der Waals surface area contributed by atoms with Gasteiger partial charge >= 0.3 is 12.4 Å². The van der Waals surface area contributed by atoms with Gasteiger partial charge in [0.2, 0.25) is 0 Å². The highest BCUT2D eigenvalue weighted by Gasteiger charge is 2.70. The van der Waals surface area contributed by atoms with E-state index in [1.165, 1.54) is 6.08 Å². The van der Waals surface area contributed by atoms with Gasteiger partial charge in [-0.1, -0.05) is 60.6 Å². The lowest BCUT2D eigenvalue weighted by Crippen LogP contribution is -2.64. The van der Waals surface area contributed by atoms with Crippen molar-refractivity contribution in [2.75, 3.05) is 0 Å². The molecule has 5 rings (SSSR count). The SMILES string of the molecule is CC(C)/C=C/CC[C@](C)(O)[C@H]1CC[C@]2(C)[C@@H]1CC[C@@H]1[C@@]3(C)C/C(=C/c4cc(C(F)(F)F)cc(C(F)(F)F)c4)C(=O)C(C)(C)[C@@H]3CC[C@]12C. The van der Waals surface area contributed by atoms with Gasteiger partial charge in [-0.25, -0.2) is 0 Å². The number of rotatable bonds is 6. The number of hydrogen-bond donors (Lipinski definition) is 1. The summed E-state index contributed by atoms with van der Waals surface area (Å²) >= 11 is 0. The summed E-state index contributed by atoms with van der Waals surface area (Å²) in [6, 6.07) is 1.57. The Morgan fingerprint density at radius 2 is 1.44 bits per heavy atom. The molecule has 1 N–H and O–H groups in total. The molecule has 0 spiro atoms. The molecule has 0 bridgehead atoms. The third kappa shape index (κ3) is 6.12. The van der Waals surface area contributed by atoms with Crippen molar-refractivity contribution in [1.82, 2.24) is 0 Å². The largest absolute Gasteiger partial charge is 0.416 e. The highest BCUT2D eigenvalue weighted by atomic mass is 19.4. The first-order valence-electron chi connectivity index (χ1n) is 17.8. The zero-order valence-electron chi connectivity index (χ0n) is 29.8. The maximum atomic E-state index is 14.1. The molecule has 48 heavy (non-hydrogen) atoms. The zero-order chi connectivity index (χ0) is 35.9. The van der Waals surface area contributed by atoms with Gasteiger partial charge in [-0.2, -0.15) is 26.3 Å². The van der Waals surface area contributed by atoms with E-state index >= 15 is 0 Å². The number of halogens is 6. The molecule has 0 saturated heterocycles. The topological polar surface area (TPSA) is 37.3 Å². The number of aliphatic hydroxyl groups is 1. The fourth-order valence-corrected chi connectivity index (χ4v) is 11.7. The van der Waals surface area contributed by atoms with Gasteiger partial charge in [-0.05, 0) is 146 Å². The maximum absolute atomic E-state index is 14.1. The van der Waals surface area contributed by atoms with Crippen molar-refractivity contribution in [3.8, 4) is 0 Å². The van der Waals surface area contributed by atoms with Crippen LogP contribution in [0.1, 0.15) is 130 Å². The minimum absolute atomic E-state index is 0.0353. The van der Waals surface area contributed by atoms with E-state index in [1.54, 1.807) is 0 Å². The lowest BCUT2D eigenvalue weighted by atomic mass is 9.35. The van der Waals surface area contributed by atoms with Crippen LogP contribution in [0.2, 0.25) is 0 Å². The summed E-state index contributed by atoms with van der Waals surface area (Å²) < 4.78 is 82.2. The van der Waals surface area contributed by atoms with Crippen LogP contribution in [0.3, 0.4) is 0 Å². The number of alkyl halides is 6. The van der Waals surface area contributed by atoms with Crippen LogP contribution >= 0.6 is 0 Å². The summed E-state index contributed by atoms with van der Waals surface area (Å²) in [5.41, 5.74) is -4.82. The number of allylic oxidation sites excluding steroid dienone is 3. The number of hydrogen-bond acceptors (Lipinski definition) is 2. The van der Waals surface area contributed by atoms with Crippen molar-refractivity contribution in [2.24, 2.45) is 51.2 Å². The minimum atomic E-state index is -4.96. The maximum Gasteiger partial charge on any atom is 0.416 e. The van der Waals surface area contributed by atoms with E-state index in [2.05, 4.69) is 46.8 Å². The summed E-state index contributed by atoms with van der Waals surface area (Å²) in [4.78, 5) is 14.1. The van der Waals surface area contributed by atoms with Gasteiger partial charge in [0.05, 0.1) is 16.7 Å². The van der Waals surface area contributed by atoms with E-state index in [-0.39, 0.29) is 51.4 Å². The van der Waals surface area contributed by atoms with Crippen LogP contribution in [0.4, 0.5) is 26.3 Å². The first-order chi connectivity index (χ1) is 21.9. The van der Waals surface area contributed by atoms with Crippen molar-refractivity contribution >= 4 is 11.9 Å². The Morgan fingerprint density at radius 1 is 0.854 bits per heavy atom. The third-order valence-corrected chi connectivity index (χ3v) is 14.1. The molecule has 1 aromatic carbocycles. The molecule has 4 aliphatic rings. The van der Waals surface area contributed by atoms with Gasteiger partial charge < -0.3 is 5.11 Å². The Hall–Kier alpha value is -2.09. The molecule has 1 aromatic rings. The fourth-order valence-electron chi connectivity index (χ4n) is 11.7. The molecule has 0 amide bonds. The summed E-state index contributed by atoms with van der Waals surface area (Å²) in [5.74, 6) is 1.06.